The van der Waals surface area contributed by atoms with E-state index in [0.717, 1.165) is 20.1 Å². The maximum absolute atomic E-state index is 12.4. The maximum Gasteiger partial charge on any atom is 0.167 e. The van der Waals surface area contributed by atoms with Crippen LogP contribution in [0.3, 0.4) is 0 Å². The van der Waals surface area contributed by atoms with Crippen LogP contribution in [0.5, 0.6) is 0 Å². The summed E-state index contributed by atoms with van der Waals surface area (Å²) >= 11 is 2.24. The molecule has 0 spiro atoms. The maximum atomic E-state index is 12.4. The lowest BCUT2D eigenvalue weighted by Gasteiger charge is -2.06. The van der Waals surface area contributed by atoms with Crippen molar-refractivity contribution in [1.82, 2.24) is 0 Å². The van der Waals surface area contributed by atoms with Crippen LogP contribution in [0.25, 0.3) is 10.8 Å². The molecule has 0 bridgehead atoms. The van der Waals surface area contributed by atoms with Gasteiger partial charge in [-0.3, -0.25) is 4.79 Å². The van der Waals surface area contributed by atoms with Gasteiger partial charge in [-0.05, 0) is 51.1 Å². The Kier molecular flexibility index (Phi) is 3.83. The first-order valence-electron chi connectivity index (χ1n) is 6.49. The highest BCUT2D eigenvalue weighted by atomic mass is 127. The first-order valence-corrected chi connectivity index (χ1v) is 7.57. The lowest BCUT2D eigenvalue weighted by Crippen LogP contribution is -2.03. The number of rotatable bonds is 3. The third-order valence-corrected chi connectivity index (χ3v) is 4.12. The molecular weight excluding hydrogens is 359 g/mol. The van der Waals surface area contributed by atoms with Crippen molar-refractivity contribution >= 4 is 39.1 Å². The van der Waals surface area contributed by atoms with Gasteiger partial charge in [0.25, 0.3) is 0 Å². The largest absolute Gasteiger partial charge is 0.294 e. The summed E-state index contributed by atoms with van der Waals surface area (Å²) < 4.78 is 1.14. The van der Waals surface area contributed by atoms with E-state index in [0.29, 0.717) is 6.42 Å². The highest BCUT2D eigenvalue weighted by molar-refractivity contribution is 14.1. The second-order valence-corrected chi connectivity index (χ2v) is 5.99. The lowest BCUT2D eigenvalue weighted by molar-refractivity contribution is 0.0993. The molecule has 0 unspecified atom stereocenters. The number of Topliss-reactive ketones (excluding diaryl/α,β-unsaturated/α-hetero) is 1. The first kappa shape index (κ1) is 13.3. The molecule has 0 atom stereocenters. The van der Waals surface area contributed by atoms with Crippen molar-refractivity contribution in [3.8, 4) is 0 Å². The highest BCUT2D eigenvalue weighted by Crippen LogP contribution is 2.20. The van der Waals surface area contributed by atoms with Crippen molar-refractivity contribution in [3.63, 3.8) is 0 Å². The van der Waals surface area contributed by atoms with Gasteiger partial charge in [-0.2, -0.15) is 0 Å². The van der Waals surface area contributed by atoms with Gasteiger partial charge in [0.1, 0.15) is 0 Å². The van der Waals surface area contributed by atoms with Crippen molar-refractivity contribution < 1.29 is 4.79 Å². The molecule has 0 aliphatic rings. The van der Waals surface area contributed by atoms with Crippen LogP contribution in [-0.4, -0.2) is 5.78 Å². The topological polar surface area (TPSA) is 17.1 Å². The van der Waals surface area contributed by atoms with E-state index in [2.05, 4.69) is 40.8 Å². The third-order valence-electron chi connectivity index (χ3n) is 3.40. The minimum absolute atomic E-state index is 0.165. The molecule has 0 saturated carbocycles. The quantitative estimate of drug-likeness (QED) is 0.474. The fourth-order valence-electron chi connectivity index (χ4n) is 2.36. The van der Waals surface area contributed by atoms with Crippen molar-refractivity contribution in [2.45, 2.75) is 6.42 Å². The summed E-state index contributed by atoms with van der Waals surface area (Å²) in [4.78, 5) is 12.4. The number of ketones is 1. The van der Waals surface area contributed by atoms with Gasteiger partial charge in [0, 0.05) is 15.6 Å². The molecule has 98 valence electrons. The molecule has 0 aliphatic heterocycles. The summed E-state index contributed by atoms with van der Waals surface area (Å²) in [6.45, 7) is 0. The Hall–Kier alpha value is -1.68. The second-order valence-electron chi connectivity index (χ2n) is 4.75. The normalized spacial score (nSPS) is 10.7. The Morgan fingerprint density at radius 3 is 2.35 bits per heavy atom. The molecule has 0 saturated heterocycles. The number of halogens is 1. The molecule has 0 aliphatic carbocycles. The molecule has 2 heteroatoms. The van der Waals surface area contributed by atoms with Gasteiger partial charge < -0.3 is 0 Å². The van der Waals surface area contributed by atoms with E-state index in [1.807, 2.05) is 48.5 Å². The van der Waals surface area contributed by atoms with Crippen LogP contribution in [0.1, 0.15) is 15.9 Å². The highest BCUT2D eigenvalue weighted by Gasteiger charge is 2.09. The smallest absolute Gasteiger partial charge is 0.167 e. The molecule has 0 amide bonds. The first-order chi connectivity index (χ1) is 9.74. The Balaban J connectivity index is 1.93. The molecule has 0 N–H and O–H groups in total. The summed E-state index contributed by atoms with van der Waals surface area (Å²) in [6, 6.07) is 22.0. The Bertz CT molecular complexity index is 754. The Morgan fingerprint density at radius 1 is 0.850 bits per heavy atom. The van der Waals surface area contributed by atoms with Gasteiger partial charge in [-0.25, -0.2) is 0 Å². The van der Waals surface area contributed by atoms with Gasteiger partial charge in [-0.1, -0.05) is 54.6 Å². The number of benzene rings is 3. The Labute approximate surface area is 131 Å². The van der Waals surface area contributed by atoms with E-state index in [9.17, 15) is 4.79 Å². The SMILES string of the molecule is O=C(Cc1cccc2ccccc12)c1ccc(I)cc1. The van der Waals surface area contributed by atoms with Crippen LogP contribution < -0.4 is 0 Å². The van der Waals surface area contributed by atoms with Crippen LogP contribution in [0.4, 0.5) is 0 Å². The van der Waals surface area contributed by atoms with Crippen molar-refractivity contribution in [1.29, 1.82) is 0 Å². The predicted octanol–water partition coefficient (Wildman–Crippen LogP) is 4.87. The average Bonchev–Trinajstić information content (AvgIpc) is 2.48. The van der Waals surface area contributed by atoms with Crippen LogP contribution in [0.2, 0.25) is 0 Å². The van der Waals surface area contributed by atoms with Crippen molar-refractivity contribution in [2.24, 2.45) is 0 Å². The van der Waals surface area contributed by atoms with Gasteiger partial charge in [-0.15, -0.1) is 0 Å². The molecule has 0 radical (unpaired) electrons. The van der Waals surface area contributed by atoms with E-state index in [1.165, 1.54) is 5.39 Å². The van der Waals surface area contributed by atoms with Gasteiger partial charge in [0.2, 0.25) is 0 Å². The number of carbonyl (C=O) groups is 1. The van der Waals surface area contributed by atoms with E-state index >= 15 is 0 Å². The summed E-state index contributed by atoms with van der Waals surface area (Å²) in [5.41, 5.74) is 1.87. The number of carbonyl (C=O) groups excluding carboxylic acids is 1. The molecule has 0 aromatic heterocycles. The lowest BCUT2D eigenvalue weighted by atomic mass is 9.98. The summed E-state index contributed by atoms with van der Waals surface area (Å²) in [5, 5.41) is 2.34. The molecule has 0 heterocycles. The fourth-order valence-corrected chi connectivity index (χ4v) is 2.72. The fraction of sp³-hybridized carbons (Fsp3) is 0.0556. The van der Waals surface area contributed by atoms with Crippen LogP contribution in [-0.2, 0) is 6.42 Å². The van der Waals surface area contributed by atoms with Gasteiger partial charge >= 0.3 is 0 Å². The van der Waals surface area contributed by atoms with E-state index in [1.54, 1.807) is 0 Å². The van der Waals surface area contributed by atoms with Crippen LogP contribution in [0.15, 0.2) is 66.7 Å². The zero-order valence-electron chi connectivity index (χ0n) is 10.8. The average molecular weight is 372 g/mol. The molecule has 3 aromatic carbocycles. The molecule has 20 heavy (non-hydrogen) atoms. The van der Waals surface area contributed by atoms with Crippen molar-refractivity contribution in [3.05, 3.63) is 81.4 Å². The molecule has 1 nitrogen and oxygen atoms in total. The molecule has 3 rings (SSSR count). The van der Waals surface area contributed by atoms with Gasteiger partial charge in [0.05, 0.1) is 0 Å². The van der Waals surface area contributed by atoms with E-state index < -0.39 is 0 Å². The predicted molar refractivity (Wildman–Crippen MR) is 91.1 cm³/mol. The van der Waals surface area contributed by atoms with Crippen LogP contribution >= 0.6 is 22.6 Å². The zero-order valence-corrected chi connectivity index (χ0v) is 13.0. The Morgan fingerprint density at radius 2 is 1.55 bits per heavy atom. The molecule has 0 fully saturated rings. The van der Waals surface area contributed by atoms with E-state index in [4.69, 9.17) is 0 Å². The summed E-state index contributed by atoms with van der Waals surface area (Å²) in [5.74, 6) is 0.165. The number of hydrogen-bond acceptors (Lipinski definition) is 1. The van der Waals surface area contributed by atoms with Crippen molar-refractivity contribution in [2.75, 3.05) is 0 Å². The standard InChI is InChI=1S/C18H13IO/c19-16-10-8-14(9-11-16)18(20)12-15-6-3-5-13-4-1-2-7-17(13)15/h1-11H,12H2. The minimum atomic E-state index is 0.165. The zero-order chi connectivity index (χ0) is 13.9. The van der Waals surface area contributed by atoms with E-state index in [-0.39, 0.29) is 5.78 Å². The monoisotopic (exact) mass is 372 g/mol. The molecular formula is C18H13IO. The summed E-state index contributed by atoms with van der Waals surface area (Å²) in [6.07, 6.45) is 0.446. The number of fused-ring (bicyclic) bond motifs is 1. The third kappa shape index (κ3) is 2.75. The molecule has 3 aromatic rings. The minimum Gasteiger partial charge on any atom is -0.294 e. The summed E-state index contributed by atoms with van der Waals surface area (Å²) in [7, 11) is 0. The number of hydrogen-bond donors (Lipinski definition) is 0. The van der Waals surface area contributed by atoms with Crippen LogP contribution in [0, 0.1) is 3.57 Å². The second kappa shape index (κ2) is 5.75. The van der Waals surface area contributed by atoms with Gasteiger partial charge in [0.15, 0.2) is 5.78 Å².